The maximum atomic E-state index is 10.0. The molecule has 0 heterocycles. The summed E-state index contributed by atoms with van der Waals surface area (Å²) in [6.45, 7) is 2.01. The normalized spacial score (nSPS) is 9.85. The van der Waals surface area contributed by atoms with E-state index in [0.29, 0.717) is 5.75 Å². The third-order valence-electron chi connectivity index (χ3n) is 3.05. The molecule has 0 fully saturated rings. The number of phenolic OH excluding ortho intramolecular Hbond substituents is 1. The highest BCUT2D eigenvalue weighted by molar-refractivity contribution is 14.0. The Hall–Kier alpha value is -1.33. The van der Waals surface area contributed by atoms with Crippen LogP contribution in [0.1, 0.15) is 23.6 Å². The summed E-state index contributed by atoms with van der Waals surface area (Å²) in [6, 6.07) is 16.0. The number of rotatable bonds is 4. The Morgan fingerprint density at radius 1 is 1.00 bits per heavy atom. The van der Waals surface area contributed by atoms with Crippen LogP contribution in [-0.4, -0.2) is 5.11 Å². The van der Waals surface area contributed by atoms with E-state index in [1.54, 1.807) is 6.07 Å². The van der Waals surface area contributed by atoms with Crippen molar-refractivity contribution in [2.75, 3.05) is 0 Å². The Morgan fingerprint density at radius 2 is 1.70 bits per heavy atom. The lowest BCUT2D eigenvalue weighted by molar-refractivity contribution is 0.468. The van der Waals surface area contributed by atoms with Crippen molar-refractivity contribution in [3.05, 3.63) is 77.4 Å². The summed E-state index contributed by atoms with van der Waals surface area (Å²) >= 11 is 0. The number of allylic oxidation sites excluding steroid dienone is 2. The van der Waals surface area contributed by atoms with Crippen LogP contribution in [0.4, 0.5) is 0 Å². The number of phenols is 1. The molecule has 4 N–H and O–H groups in total. The lowest BCUT2D eigenvalue weighted by Crippen LogP contribution is -1.95. The highest BCUT2D eigenvalue weighted by Gasteiger charge is 2.07. The highest BCUT2D eigenvalue weighted by atomic mass is 127. The van der Waals surface area contributed by atoms with Gasteiger partial charge in [0.05, 0.1) is 0 Å². The molecule has 0 aliphatic carbocycles. The largest absolute Gasteiger partial charge is 0.508 e. The molecule has 2 nitrogen and oxygen atoms in total. The predicted molar refractivity (Wildman–Crippen MR) is 96.3 cm³/mol. The van der Waals surface area contributed by atoms with Gasteiger partial charge in [-0.1, -0.05) is 54.6 Å². The molecule has 0 spiro atoms. The van der Waals surface area contributed by atoms with Crippen LogP contribution >= 0.6 is 24.0 Å². The van der Waals surface area contributed by atoms with Gasteiger partial charge in [0.25, 0.3) is 0 Å². The molecule has 108 valence electrons. The van der Waals surface area contributed by atoms with Crippen LogP contribution in [0.3, 0.4) is 0 Å². The second-order valence-corrected chi connectivity index (χ2v) is 4.35. The molecule has 0 aliphatic heterocycles. The predicted octanol–water partition coefficient (Wildman–Crippen LogP) is 4.88. The van der Waals surface area contributed by atoms with Crippen LogP contribution < -0.4 is 6.15 Å². The van der Waals surface area contributed by atoms with Crippen molar-refractivity contribution < 1.29 is 5.11 Å². The molecule has 0 unspecified atom stereocenters. The van der Waals surface area contributed by atoms with E-state index in [1.165, 1.54) is 11.1 Å². The third kappa shape index (κ3) is 4.98. The second kappa shape index (κ2) is 9.55. The zero-order valence-electron chi connectivity index (χ0n) is 11.8. The standard InChI is InChI=1S/C17H18O.HI.H3N/c1-2-3-10-15-11-7-12-17(18)16(15)13-14-8-5-4-6-9-14;;/h2-9,11-12,18H,10,13H2,1H3;1H;1H3. The first-order valence-corrected chi connectivity index (χ1v) is 6.26. The summed E-state index contributed by atoms with van der Waals surface area (Å²) in [6.07, 6.45) is 5.80. The van der Waals surface area contributed by atoms with Crippen molar-refractivity contribution in [1.29, 1.82) is 0 Å². The van der Waals surface area contributed by atoms with Gasteiger partial charge in [0.2, 0.25) is 0 Å². The minimum Gasteiger partial charge on any atom is -0.508 e. The maximum Gasteiger partial charge on any atom is 0.119 e. The summed E-state index contributed by atoms with van der Waals surface area (Å²) in [5.74, 6) is 0.390. The smallest absolute Gasteiger partial charge is 0.119 e. The molecule has 2 aromatic carbocycles. The van der Waals surface area contributed by atoms with Crippen LogP contribution in [0.2, 0.25) is 0 Å². The second-order valence-electron chi connectivity index (χ2n) is 4.35. The van der Waals surface area contributed by atoms with Gasteiger partial charge in [-0.2, -0.15) is 0 Å². The minimum absolute atomic E-state index is 0. The van der Waals surface area contributed by atoms with E-state index in [-0.39, 0.29) is 30.1 Å². The molecule has 0 aromatic heterocycles. The molecule has 0 amide bonds. The van der Waals surface area contributed by atoms with Gasteiger partial charge in [-0.25, -0.2) is 0 Å². The minimum atomic E-state index is 0. The fourth-order valence-electron chi connectivity index (χ4n) is 2.06. The number of benzene rings is 2. The first kappa shape index (κ1) is 18.7. The maximum absolute atomic E-state index is 10.0. The van der Waals surface area contributed by atoms with E-state index in [9.17, 15) is 5.11 Å². The Bertz CT molecular complexity index is 538. The molecule has 3 heteroatoms. The van der Waals surface area contributed by atoms with Crippen LogP contribution in [0, 0.1) is 0 Å². The van der Waals surface area contributed by atoms with Crippen molar-refractivity contribution >= 4 is 24.0 Å². The van der Waals surface area contributed by atoms with E-state index in [4.69, 9.17) is 0 Å². The van der Waals surface area contributed by atoms with Gasteiger partial charge in [0.15, 0.2) is 0 Å². The lowest BCUT2D eigenvalue weighted by atomic mass is 9.97. The highest BCUT2D eigenvalue weighted by Crippen LogP contribution is 2.24. The first-order valence-electron chi connectivity index (χ1n) is 6.26. The Balaban J connectivity index is 0.00000180. The van der Waals surface area contributed by atoms with E-state index in [1.807, 2.05) is 37.3 Å². The summed E-state index contributed by atoms with van der Waals surface area (Å²) < 4.78 is 0. The van der Waals surface area contributed by atoms with E-state index >= 15 is 0 Å². The molecule has 0 bridgehead atoms. The zero-order chi connectivity index (χ0) is 12.8. The molecule has 0 saturated heterocycles. The van der Waals surface area contributed by atoms with Crippen LogP contribution in [0.15, 0.2) is 60.7 Å². The summed E-state index contributed by atoms with van der Waals surface area (Å²) in [7, 11) is 0. The van der Waals surface area contributed by atoms with Gasteiger partial charge in [0, 0.05) is 12.0 Å². The van der Waals surface area contributed by atoms with Gasteiger partial charge in [0.1, 0.15) is 5.75 Å². The number of halogens is 1. The molecule has 0 radical (unpaired) electrons. The molecular weight excluding hydrogens is 361 g/mol. The summed E-state index contributed by atoms with van der Waals surface area (Å²) in [5.41, 5.74) is 3.44. The van der Waals surface area contributed by atoms with E-state index < -0.39 is 0 Å². The molecule has 0 saturated carbocycles. The van der Waals surface area contributed by atoms with Crippen molar-refractivity contribution in [2.45, 2.75) is 19.8 Å². The van der Waals surface area contributed by atoms with Gasteiger partial charge in [-0.3, -0.25) is 0 Å². The average Bonchev–Trinajstić information content (AvgIpc) is 2.41. The molecule has 0 aliphatic rings. The first-order chi connectivity index (χ1) is 8.81. The van der Waals surface area contributed by atoms with Crippen LogP contribution in [0.25, 0.3) is 0 Å². The Morgan fingerprint density at radius 3 is 2.35 bits per heavy atom. The summed E-state index contributed by atoms with van der Waals surface area (Å²) in [4.78, 5) is 0. The monoisotopic (exact) mass is 383 g/mol. The Labute approximate surface area is 138 Å². The van der Waals surface area contributed by atoms with Gasteiger partial charge >= 0.3 is 0 Å². The van der Waals surface area contributed by atoms with Crippen molar-refractivity contribution in [1.82, 2.24) is 6.15 Å². The molecular formula is C17H22INO. The molecule has 20 heavy (non-hydrogen) atoms. The quantitative estimate of drug-likeness (QED) is 0.584. The molecule has 2 rings (SSSR count). The fourth-order valence-corrected chi connectivity index (χ4v) is 2.06. The number of hydrogen-bond acceptors (Lipinski definition) is 2. The van der Waals surface area contributed by atoms with Crippen molar-refractivity contribution in [3.8, 4) is 5.75 Å². The van der Waals surface area contributed by atoms with Gasteiger partial charge < -0.3 is 11.3 Å². The van der Waals surface area contributed by atoms with E-state index in [0.717, 1.165) is 18.4 Å². The third-order valence-corrected chi connectivity index (χ3v) is 3.05. The summed E-state index contributed by atoms with van der Waals surface area (Å²) in [5, 5.41) is 10.0. The van der Waals surface area contributed by atoms with E-state index in [2.05, 4.69) is 24.3 Å². The van der Waals surface area contributed by atoms with Crippen molar-refractivity contribution in [3.63, 3.8) is 0 Å². The van der Waals surface area contributed by atoms with Crippen LogP contribution in [-0.2, 0) is 12.8 Å². The fraction of sp³-hybridized carbons (Fsp3) is 0.176. The van der Waals surface area contributed by atoms with Crippen LogP contribution in [0.5, 0.6) is 5.75 Å². The van der Waals surface area contributed by atoms with Crippen molar-refractivity contribution in [2.24, 2.45) is 0 Å². The van der Waals surface area contributed by atoms with Gasteiger partial charge in [-0.05, 0) is 30.5 Å². The lowest BCUT2D eigenvalue weighted by Gasteiger charge is -2.10. The molecule has 2 aromatic rings. The SMILES string of the molecule is CC=CCc1cccc(O)c1Cc1ccccc1.I.N. The average molecular weight is 383 g/mol. The number of hydrogen-bond donors (Lipinski definition) is 2. The Kier molecular flexibility index (Phi) is 8.92. The van der Waals surface area contributed by atoms with Gasteiger partial charge in [-0.15, -0.1) is 24.0 Å². The number of aromatic hydroxyl groups is 1. The molecule has 0 atom stereocenters. The topological polar surface area (TPSA) is 55.2 Å². The zero-order valence-corrected chi connectivity index (χ0v) is 14.1.